The number of aromatic nitrogens is 2. The molecular weight excluding hydrogens is 306 g/mol. The van der Waals surface area contributed by atoms with E-state index < -0.39 is 11.6 Å². The number of carbonyl (C=O) groups is 1. The summed E-state index contributed by atoms with van der Waals surface area (Å²) >= 11 is 11.8. The number of ketones is 1. The highest BCUT2D eigenvalue weighted by molar-refractivity contribution is 6.35. The molecule has 106 valence electrons. The number of hydrogen-bond donors (Lipinski definition) is 0. The third-order valence-corrected chi connectivity index (χ3v) is 3.20. The van der Waals surface area contributed by atoms with Gasteiger partial charge in [0, 0.05) is 12.1 Å². The van der Waals surface area contributed by atoms with Gasteiger partial charge in [0.2, 0.25) is 5.78 Å². The fourth-order valence-electron chi connectivity index (χ4n) is 1.73. The van der Waals surface area contributed by atoms with Crippen LogP contribution in [0.1, 0.15) is 16.1 Å². The minimum atomic E-state index is -0.657. The Morgan fingerprint density at radius 2 is 2.20 bits per heavy atom. The first-order valence-corrected chi connectivity index (χ1v) is 6.50. The molecule has 0 saturated heterocycles. The Morgan fingerprint density at radius 1 is 1.45 bits per heavy atom. The third-order valence-electron chi connectivity index (χ3n) is 2.69. The number of hydrogen-bond acceptors (Lipinski definition) is 3. The highest BCUT2D eigenvalue weighted by Crippen LogP contribution is 2.23. The van der Waals surface area contributed by atoms with E-state index in [0.717, 1.165) is 6.07 Å². The molecule has 1 aromatic heterocycles. The van der Waals surface area contributed by atoms with Crippen LogP contribution >= 0.6 is 23.2 Å². The molecule has 0 aliphatic rings. The van der Waals surface area contributed by atoms with Crippen molar-refractivity contribution >= 4 is 29.0 Å². The van der Waals surface area contributed by atoms with Gasteiger partial charge >= 0.3 is 0 Å². The Hall–Kier alpha value is -1.43. The van der Waals surface area contributed by atoms with Crippen LogP contribution in [-0.4, -0.2) is 29.3 Å². The van der Waals surface area contributed by atoms with Gasteiger partial charge in [-0.25, -0.2) is 4.39 Å². The van der Waals surface area contributed by atoms with E-state index in [2.05, 4.69) is 5.10 Å². The molecule has 0 aliphatic carbocycles. The summed E-state index contributed by atoms with van der Waals surface area (Å²) < 4.78 is 20.1. The lowest BCUT2D eigenvalue weighted by Crippen LogP contribution is -2.15. The van der Waals surface area contributed by atoms with Crippen LogP contribution in [0.25, 0.3) is 0 Å². The first-order chi connectivity index (χ1) is 9.54. The second-order valence-corrected chi connectivity index (χ2v) is 4.85. The normalized spacial score (nSPS) is 10.8. The van der Waals surface area contributed by atoms with Crippen LogP contribution in [0.4, 0.5) is 4.39 Å². The van der Waals surface area contributed by atoms with Crippen LogP contribution in [0, 0.1) is 5.82 Å². The van der Waals surface area contributed by atoms with Crippen LogP contribution in [0.15, 0.2) is 24.4 Å². The van der Waals surface area contributed by atoms with Crippen LogP contribution in [0.2, 0.25) is 10.0 Å². The smallest absolute Gasteiger partial charge is 0.215 e. The Bertz CT molecular complexity index is 643. The Kier molecular flexibility index (Phi) is 4.75. The Balaban J connectivity index is 2.42. The van der Waals surface area contributed by atoms with Crippen molar-refractivity contribution < 1.29 is 13.9 Å². The maximum Gasteiger partial charge on any atom is 0.215 e. The van der Waals surface area contributed by atoms with Crippen molar-refractivity contribution in [3.63, 3.8) is 0 Å². The second-order valence-electron chi connectivity index (χ2n) is 4.01. The van der Waals surface area contributed by atoms with E-state index in [4.69, 9.17) is 27.9 Å². The zero-order chi connectivity index (χ0) is 14.7. The molecule has 0 amide bonds. The van der Waals surface area contributed by atoms with Gasteiger partial charge in [-0.3, -0.25) is 9.48 Å². The number of ether oxygens (including phenoxy) is 1. The molecule has 0 unspecified atom stereocenters. The van der Waals surface area contributed by atoms with E-state index >= 15 is 0 Å². The van der Waals surface area contributed by atoms with Gasteiger partial charge in [-0.1, -0.05) is 23.2 Å². The van der Waals surface area contributed by atoms with E-state index in [1.54, 1.807) is 0 Å². The molecule has 4 nitrogen and oxygen atoms in total. The summed E-state index contributed by atoms with van der Waals surface area (Å²) in [5.41, 5.74) is -0.0246. The molecule has 20 heavy (non-hydrogen) atoms. The minimum absolute atomic E-state index is 0.116. The fourth-order valence-corrected chi connectivity index (χ4v) is 2.13. The van der Waals surface area contributed by atoms with Gasteiger partial charge in [-0.15, -0.1) is 0 Å². The molecule has 2 rings (SSSR count). The van der Waals surface area contributed by atoms with Gasteiger partial charge in [-0.2, -0.15) is 5.10 Å². The van der Waals surface area contributed by atoms with Crippen molar-refractivity contribution in [2.45, 2.75) is 6.54 Å². The fraction of sp³-hybridized carbons (Fsp3) is 0.231. The predicted octanol–water partition coefficient (Wildman–Crippen LogP) is 3.21. The number of nitrogens with zero attached hydrogens (tertiary/aromatic N) is 2. The molecule has 0 atom stereocenters. The summed E-state index contributed by atoms with van der Waals surface area (Å²) in [5, 5.41) is 4.41. The first kappa shape index (κ1) is 15.0. The van der Waals surface area contributed by atoms with Crippen LogP contribution in [-0.2, 0) is 11.3 Å². The highest BCUT2D eigenvalue weighted by atomic mass is 35.5. The average Bonchev–Trinajstić information content (AvgIpc) is 2.79. The number of rotatable bonds is 5. The average molecular weight is 317 g/mol. The number of methoxy groups -OCH3 is 1. The molecule has 0 aliphatic heterocycles. The van der Waals surface area contributed by atoms with Crippen LogP contribution < -0.4 is 0 Å². The Labute approximate surface area is 125 Å². The molecule has 0 spiro atoms. The van der Waals surface area contributed by atoms with Gasteiger partial charge in [-0.05, 0) is 18.2 Å². The van der Waals surface area contributed by atoms with Gasteiger partial charge in [0.25, 0.3) is 0 Å². The van der Waals surface area contributed by atoms with Crippen molar-refractivity contribution in [3.05, 3.63) is 51.5 Å². The Morgan fingerprint density at radius 3 is 2.90 bits per heavy atom. The SMILES string of the molecule is COCCn1ncc(Cl)c1C(=O)c1cc(Cl)ccc1F. The topological polar surface area (TPSA) is 44.1 Å². The van der Waals surface area contributed by atoms with Crippen molar-refractivity contribution in [1.29, 1.82) is 0 Å². The van der Waals surface area contributed by atoms with E-state index in [1.807, 2.05) is 0 Å². The molecule has 0 saturated carbocycles. The van der Waals surface area contributed by atoms with Gasteiger partial charge < -0.3 is 4.74 Å². The first-order valence-electron chi connectivity index (χ1n) is 5.74. The van der Waals surface area contributed by atoms with Crippen LogP contribution in [0.5, 0.6) is 0 Å². The van der Waals surface area contributed by atoms with E-state index in [9.17, 15) is 9.18 Å². The summed E-state index contributed by atoms with van der Waals surface area (Å²) in [5.74, 6) is -1.22. The number of benzene rings is 1. The molecular formula is C13H11Cl2FN2O2. The minimum Gasteiger partial charge on any atom is -0.383 e. The molecule has 2 aromatic rings. The molecule has 0 radical (unpaired) electrons. The van der Waals surface area contributed by atoms with Crippen LogP contribution in [0.3, 0.4) is 0 Å². The maximum atomic E-state index is 13.8. The quantitative estimate of drug-likeness (QED) is 0.796. The zero-order valence-corrected chi connectivity index (χ0v) is 12.1. The summed E-state index contributed by atoms with van der Waals surface area (Å²) in [6.07, 6.45) is 1.34. The third kappa shape index (κ3) is 3.00. The lowest BCUT2D eigenvalue weighted by Gasteiger charge is -2.08. The van der Waals surface area contributed by atoms with E-state index in [0.29, 0.717) is 13.2 Å². The monoisotopic (exact) mass is 316 g/mol. The number of halogens is 3. The van der Waals surface area contributed by atoms with Crippen molar-refractivity contribution in [3.8, 4) is 0 Å². The van der Waals surface area contributed by atoms with Gasteiger partial charge in [0.15, 0.2) is 0 Å². The second kappa shape index (κ2) is 6.35. The van der Waals surface area contributed by atoms with Crippen molar-refractivity contribution in [1.82, 2.24) is 9.78 Å². The molecule has 0 fully saturated rings. The lowest BCUT2D eigenvalue weighted by atomic mass is 10.1. The van der Waals surface area contributed by atoms with Crippen molar-refractivity contribution in [2.24, 2.45) is 0 Å². The summed E-state index contributed by atoms with van der Waals surface area (Å²) in [7, 11) is 1.53. The summed E-state index contributed by atoms with van der Waals surface area (Å²) in [4.78, 5) is 12.4. The zero-order valence-electron chi connectivity index (χ0n) is 10.6. The standard InChI is InChI=1S/C13H11Cl2FN2O2/c1-20-5-4-18-12(10(15)7-17-18)13(19)9-6-8(14)2-3-11(9)16/h2-3,6-7H,4-5H2,1H3. The van der Waals surface area contributed by atoms with Gasteiger partial charge in [0.1, 0.15) is 11.5 Å². The molecule has 0 bridgehead atoms. The highest BCUT2D eigenvalue weighted by Gasteiger charge is 2.22. The molecule has 7 heteroatoms. The molecule has 1 heterocycles. The maximum absolute atomic E-state index is 13.8. The molecule has 0 N–H and O–H groups in total. The predicted molar refractivity (Wildman–Crippen MR) is 74.0 cm³/mol. The lowest BCUT2D eigenvalue weighted by molar-refractivity contribution is 0.102. The van der Waals surface area contributed by atoms with Crippen molar-refractivity contribution in [2.75, 3.05) is 13.7 Å². The summed E-state index contributed by atoms with van der Waals surface area (Å²) in [6, 6.07) is 3.78. The molecule has 1 aromatic carbocycles. The number of carbonyl (C=O) groups excluding carboxylic acids is 1. The van der Waals surface area contributed by atoms with Gasteiger partial charge in [0.05, 0.1) is 29.9 Å². The largest absolute Gasteiger partial charge is 0.383 e. The summed E-state index contributed by atoms with van der Waals surface area (Å²) in [6.45, 7) is 0.697. The van der Waals surface area contributed by atoms with E-state index in [-0.39, 0.29) is 21.3 Å². The van der Waals surface area contributed by atoms with E-state index in [1.165, 1.54) is 30.1 Å².